The molecule has 0 spiro atoms. The first-order chi connectivity index (χ1) is 8.58. The van der Waals surface area contributed by atoms with Gasteiger partial charge in [-0.15, -0.1) is 0 Å². The lowest BCUT2D eigenvalue weighted by atomic mass is 10.0. The van der Waals surface area contributed by atoms with Gasteiger partial charge in [0.15, 0.2) is 0 Å². The zero-order valence-corrected chi connectivity index (χ0v) is 10.6. The van der Waals surface area contributed by atoms with Gasteiger partial charge < -0.3 is 10.6 Å². The summed E-state index contributed by atoms with van der Waals surface area (Å²) in [5.74, 6) is -0.184. The molecule has 0 aliphatic carbocycles. The highest BCUT2D eigenvalue weighted by molar-refractivity contribution is 5.77. The predicted octanol–water partition coefficient (Wildman–Crippen LogP) is 2.23. The molecular formula is C14H19FN2O. The Morgan fingerprint density at radius 1 is 1.61 bits per heavy atom. The molecule has 0 aromatic heterocycles. The molecule has 1 heterocycles. The first kappa shape index (κ1) is 13.0. The van der Waals surface area contributed by atoms with Crippen molar-refractivity contribution in [1.82, 2.24) is 4.90 Å². The molecule has 0 bridgehead atoms. The molecule has 1 aromatic carbocycles. The average Bonchev–Trinajstić information content (AvgIpc) is 2.76. The summed E-state index contributed by atoms with van der Waals surface area (Å²) in [6, 6.07) is 6.38. The fraction of sp³-hybridized carbons (Fsp3) is 0.500. The minimum Gasteiger partial charge on any atom is -0.336 e. The summed E-state index contributed by atoms with van der Waals surface area (Å²) in [7, 11) is 0. The number of rotatable bonds is 3. The van der Waals surface area contributed by atoms with Crippen LogP contribution in [-0.4, -0.2) is 23.4 Å². The number of likely N-dealkylation sites (tertiary alicyclic amines) is 1. The van der Waals surface area contributed by atoms with Crippen molar-refractivity contribution in [1.29, 1.82) is 0 Å². The van der Waals surface area contributed by atoms with E-state index in [1.807, 2.05) is 17.9 Å². The Morgan fingerprint density at radius 3 is 3.06 bits per heavy atom. The molecule has 1 amide bonds. The molecule has 4 heteroatoms. The summed E-state index contributed by atoms with van der Waals surface area (Å²) in [5, 5.41) is 0. The van der Waals surface area contributed by atoms with Gasteiger partial charge in [-0.1, -0.05) is 12.1 Å². The van der Waals surface area contributed by atoms with Crippen molar-refractivity contribution in [2.45, 2.75) is 38.3 Å². The summed E-state index contributed by atoms with van der Waals surface area (Å²) in [6.07, 6.45) is 2.21. The van der Waals surface area contributed by atoms with Crippen LogP contribution in [0.3, 0.4) is 0 Å². The molecule has 3 nitrogen and oxygen atoms in total. The zero-order chi connectivity index (χ0) is 13.1. The van der Waals surface area contributed by atoms with Crippen LogP contribution < -0.4 is 5.73 Å². The summed E-state index contributed by atoms with van der Waals surface area (Å²) < 4.78 is 13.2. The highest BCUT2D eigenvalue weighted by atomic mass is 19.1. The molecule has 18 heavy (non-hydrogen) atoms. The normalized spacial score (nSPS) is 21.1. The molecule has 98 valence electrons. The Labute approximate surface area is 107 Å². The van der Waals surface area contributed by atoms with Gasteiger partial charge in [0.2, 0.25) is 5.91 Å². The van der Waals surface area contributed by atoms with Crippen LogP contribution in [0, 0.1) is 5.82 Å². The molecule has 1 aliphatic heterocycles. The number of hydrogen-bond donors (Lipinski definition) is 1. The van der Waals surface area contributed by atoms with Crippen LogP contribution in [0.5, 0.6) is 0 Å². The quantitative estimate of drug-likeness (QED) is 0.894. The Morgan fingerprint density at radius 2 is 2.39 bits per heavy atom. The maximum absolute atomic E-state index is 13.2. The highest BCUT2D eigenvalue weighted by Crippen LogP contribution is 2.32. The van der Waals surface area contributed by atoms with Crippen LogP contribution in [0.1, 0.15) is 37.8 Å². The van der Waals surface area contributed by atoms with Crippen molar-refractivity contribution < 1.29 is 9.18 Å². The Hall–Kier alpha value is -1.42. The van der Waals surface area contributed by atoms with Gasteiger partial charge >= 0.3 is 0 Å². The van der Waals surface area contributed by atoms with E-state index in [1.54, 1.807) is 6.07 Å². The number of carbonyl (C=O) groups is 1. The summed E-state index contributed by atoms with van der Waals surface area (Å²) >= 11 is 0. The van der Waals surface area contributed by atoms with E-state index in [-0.39, 0.29) is 23.8 Å². The third-order valence-corrected chi connectivity index (χ3v) is 3.30. The Bertz CT molecular complexity index is 434. The molecular weight excluding hydrogens is 231 g/mol. The van der Waals surface area contributed by atoms with Gasteiger partial charge in [0.25, 0.3) is 0 Å². The van der Waals surface area contributed by atoms with Crippen LogP contribution in [0.15, 0.2) is 24.3 Å². The molecule has 0 saturated carbocycles. The lowest BCUT2D eigenvalue weighted by Gasteiger charge is -2.26. The summed E-state index contributed by atoms with van der Waals surface area (Å²) in [4.78, 5) is 13.9. The van der Waals surface area contributed by atoms with E-state index in [0.717, 1.165) is 24.9 Å². The Kier molecular flexibility index (Phi) is 3.97. The smallest absolute Gasteiger partial charge is 0.224 e. The van der Waals surface area contributed by atoms with Gasteiger partial charge in [-0.05, 0) is 37.5 Å². The minimum absolute atomic E-state index is 0.00644. The predicted molar refractivity (Wildman–Crippen MR) is 68.4 cm³/mol. The largest absolute Gasteiger partial charge is 0.336 e. The zero-order valence-electron chi connectivity index (χ0n) is 10.6. The molecule has 1 saturated heterocycles. The molecule has 1 fully saturated rings. The maximum atomic E-state index is 13.2. The molecule has 2 unspecified atom stereocenters. The standard InChI is InChI=1S/C14H19FN2O/c1-10(16)8-14(18)17-7-3-6-13(17)11-4-2-5-12(15)9-11/h2,4-5,9-10,13H,3,6-8,16H2,1H3. The van der Waals surface area contributed by atoms with Gasteiger partial charge in [-0.2, -0.15) is 0 Å². The van der Waals surface area contributed by atoms with Crippen LogP contribution in [0.25, 0.3) is 0 Å². The summed E-state index contributed by atoms with van der Waals surface area (Å²) in [5.41, 5.74) is 6.54. The van der Waals surface area contributed by atoms with Crippen LogP contribution in [0.2, 0.25) is 0 Å². The van der Waals surface area contributed by atoms with Gasteiger partial charge in [-0.25, -0.2) is 4.39 Å². The lowest BCUT2D eigenvalue weighted by Crippen LogP contribution is -2.34. The second kappa shape index (κ2) is 5.48. The van der Waals surface area contributed by atoms with Crippen molar-refractivity contribution in [2.75, 3.05) is 6.54 Å². The van der Waals surface area contributed by atoms with Gasteiger partial charge in [0, 0.05) is 19.0 Å². The Balaban J connectivity index is 2.14. The van der Waals surface area contributed by atoms with E-state index >= 15 is 0 Å². The van der Waals surface area contributed by atoms with Gasteiger partial charge in [0.1, 0.15) is 5.82 Å². The number of benzene rings is 1. The van der Waals surface area contributed by atoms with Crippen LogP contribution in [-0.2, 0) is 4.79 Å². The second-order valence-corrected chi connectivity index (χ2v) is 4.98. The second-order valence-electron chi connectivity index (χ2n) is 4.98. The van der Waals surface area contributed by atoms with Gasteiger partial charge in [0.05, 0.1) is 6.04 Å². The van der Waals surface area contributed by atoms with E-state index in [0.29, 0.717) is 6.42 Å². The van der Waals surface area contributed by atoms with Crippen molar-refractivity contribution in [2.24, 2.45) is 5.73 Å². The molecule has 2 rings (SSSR count). The lowest BCUT2D eigenvalue weighted by molar-refractivity contribution is -0.132. The number of nitrogens with two attached hydrogens (primary N) is 1. The van der Waals surface area contributed by atoms with Crippen molar-refractivity contribution in [3.63, 3.8) is 0 Å². The SMILES string of the molecule is CC(N)CC(=O)N1CCCC1c1cccc(F)c1. The molecule has 2 atom stereocenters. The maximum Gasteiger partial charge on any atom is 0.224 e. The molecule has 0 radical (unpaired) electrons. The van der Waals surface area contributed by atoms with Crippen molar-refractivity contribution in [3.8, 4) is 0 Å². The third kappa shape index (κ3) is 2.88. The fourth-order valence-corrected chi connectivity index (χ4v) is 2.52. The number of amides is 1. The summed E-state index contributed by atoms with van der Waals surface area (Å²) in [6.45, 7) is 2.57. The highest BCUT2D eigenvalue weighted by Gasteiger charge is 2.30. The van der Waals surface area contributed by atoms with Crippen molar-refractivity contribution in [3.05, 3.63) is 35.6 Å². The fourth-order valence-electron chi connectivity index (χ4n) is 2.52. The molecule has 2 N–H and O–H groups in total. The first-order valence-electron chi connectivity index (χ1n) is 6.38. The number of nitrogens with zero attached hydrogens (tertiary/aromatic N) is 1. The van der Waals surface area contributed by atoms with E-state index in [4.69, 9.17) is 5.73 Å². The number of halogens is 1. The van der Waals surface area contributed by atoms with Crippen LogP contribution >= 0.6 is 0 Å². The van der Waals surface area contributed by atoms with Crippen LogP contribution in [0.4, 0.5) is 4.39 Å². The molecule has 1 aromatic rings. The van der Waals surface area contributed by atoms with E-state index < -0.39 is 0 Å². The van der Waals surface area contributed by atoms with Gasteiger partial charge in [-0.3, -0.25) is 4.79 Å². The van der Waals surface area contributed by atoms with E-state index in [2.05, 4.69) is 0 Å². The third-order valence-electron chi connectivity index (χ3n) is 3.30. The monoisotopic (exact) mass is 250 g/mol. The van der Waals surface area contributed by atoms with E-state index in [9.17, 15) is 9.18 Å². The minimum atomic E-state index is -0.251. The van der Waals surface area contributed by atoms with E-state index in [1.165, 1.54) is 12.1 Å². The van der Waals surface area contributed by atoms with Crippen molar-refractivity contribution >= 4 is 5.91 Å². The average molecular weight is 250 g/mol. The number of carbonyl (C=O) groups excluding carboxylic acids is 1. The first-order valence-corrected chi connectivity index (χ1v) is 6.38. The topological polar surface area (TPSA) is 46.3 Å². The molecule has 1 aliphatic rings. The number of hydrogen-bond acceptors (Lipinski definition) is 2.